The quantitative estimate of drug-likeness (QED) is 0.859. The second kappa shape index (κ2) is 5.98. The van der Waals surface area contributed by atoms with Crippen molar-refractivity contribution in [3.63, 3.8) is 0 Å². The van der Waals surface area contributed by atoms with Crippen LogP contribution in [0.3, 0.4) is 0 Å². The largest absolute Gasteiger partial charge is 0.333 e. The summed E-state index contributed by atoms with van der Waals surface area (Å²) in [5.74, 6) is -0.0568. The Kier molecular flexibility index (Phi) is 4.33. The second-order valence-corrected chi connectivity index (χ2v) is 4.91. The summed E-state index contributed by atoms with van der Waals surface area (Å²) >= 11 is 7.52. The fraction of sp³-hybridized carbons (Fsp3) is 0.231. The van der Waals surface area contributed by atoms with Crippen LogP contribution in [0.25, 0.3) is 0 Å². The van der Waals surface area contributed by atoms with E-state index in [9.17, 15) is 4.79 Å². The fourth-order valence-corrected chi connectivity index (χ4v) is 2.36. The smallest absolute Gasteiger partial charge is 0.273 e. The summed E-state index contributed by atoms with van der Waals surface area (Å²) in [5, 5.41) is 2.44. The minimum Gasteiger partial charge on any atom is -0.333 e. The first-order valence-corrected chi connectivity index (χ1v) is 6.95. The fourth-order valence-electron chi connectivity index (χ4n) is 1.64. The molecule has 0 bridgehead atoms. The Morgan fingerprint density at radius 1 is 1.44 bits per heavy atom. The number of carbonyl (C=O) groups excluding carboxylic acids is 1. The summed E-state index contributed by atoms with van der Waals surface area (Å²) in [6, 6.07) is 7.56. The summed E-state index contributed by atoms with van der Waals surface area (Å²) in [6.07, 6.45) is 0. The molecule has 2 aromatic rings. The highest BCUT2D eigenvalue weighted by Gasteiger charge is 2.16. The number of nitrogens with zero attached hydrogens (tertiary/aromatic N) is 2. The van der Waals surface area contributed by atoms with E-state index in [4.69, 9.17) is 11.6 Å². The van der Waals surface area contributed by atoms with Crippen molar-refractivity contribution in [2.75, 3.05) is 6.54 Å². The second-order valence-electron chi connectivity index (χ2n) is 3.78. The molecule has 0 atom stereocenters. The average molecular weight is 281 g/mol. The standard InChI is InChI=1S/C13H13ClN2OS/c1-2-16(13(17)12-8-18-9-15-12)7-10-5-3-4-6-11(10)14/h3-6,8-9H,2,7H2,1H3. The molecule has 0 saturated heterocycles. The normalized spacial score (nSPS) is 10.3. The van der Waals surface area contributed by atoms with Gasteiger partial charge in [0.15, 0.2) is 0 Å². The van der Waals surface area contributed by atoms with Gasteiger partial charge in [-0.1, -0.05) is 29.8 Å². The van der Waals surface area contributed by atoms with E-state index in [2.05, 4.69) is 4.98 Å². The topological polar surface area (TPSA) is 33.2 Å². The molecule has 1 aromatic carbocycles. The number of rotatable bonds is 4. The molecule has 94 valence electrons. The molecule has 5 heteroatoms. The molecular weight excluding hydrogens is 268 g/mol. The average Bonchev–Trinajstić information content (AvgIpc) is 2.91. The lowest BCUT2D eigenvalue weighted by atomic mass is 10.2. The third-order valence-electron chi connectivity index (χ3n) is 2.64. The Morgan fingerprint density at radius 3 is 2.83 bits per heavy atom. The Bertz CT molecular complexity index is 528. The lowest BCUT2D eigenvalue weighted by Gasteiger charge is -2.20. The van der Waals surface area contributed by atoms with Crippen LogP contribution in [0.15, 0.2) is 35.2 Å². The molecule has 0 unspecified atom stereocenters. The maximum atomic E-state index is 12.2. The van der Waals surface area contributed by atoms with E-state index in [1.807, 2.05) is 31.2 Å². The molecule has 0 radical (unpaired) electrons. The first-order valence-electron chi connectivity index (χ1n) is 5.63. The van der Waals surface area contributed by atoms with Crippen LogP contribution in [0.4, 0.5) is 0 Å². The molecule has 0 spiro atoms. The van der Waals surface area contributed by atoms with Gasteiger partial charge in [0.25, 0.3) is 5.91 Å². The van der Waals surface area contributed by atoms with Crippen molar-refractivity contribution < 1.29 is 4.79 Å². The molecule has 0 aliphatic carbocycles. The molecule has 1 aromatic heterocycles. The number of hydrogen-bond donors (Lipinski definition) is 0. The number of halogens is 1. The summed E-state index contributed by atoms with van der Waals surface area (Å²) < 4.78 is 0. The Morgan fingerprint density at radius 2 is 2.22 bits per heavy atom. The van der Waals surface area contributed by atoms with Crippen LogP contribution in [0, 0.1) is 0 Å². The van der Waals surface area contributed by atoms with Crippen LogP contribution < -0.4 is 0 Å². The Hall–Kier alpha value is -1.39. The minimum atomic E-state index is -0.0568. The summed E-state index contributed by atoms with van der Waals surface area (Å²) in [4.78, 5) is 18.0. The molecule has 18 heavy (non-hydrogen) atoms. The van der Waals surface area contributed by atoms with Gasteiger partial charge in [-0.25, -0.2) is 4.98 Å². The van der Waals surface area contributed by atoms with Crippen molar-refractivity contribution >= 4 is 28.8 Å². The van der Waals surface area contributed by atoms with Crippen molar-refractivity contribution in [2.45, 2.75) is 13.5 Å². The van der Waals surface area contributed by atoms with Gasteiger partial charge in [-0.3, -0.25) is 4.79 Å². The molecule has 0 N–H and O–H groups in total. The number of amides is 1. The molecule has 1 amide bonds. The first-order chi connectivity index (χ1) is 8.72. The van der Waals surface area contributed by atoms with Crippen molar-refractivity contribution in [2.24, 2.45) is 0 Å². The molecule has 1 heterocycles. The first kappa shape index (κ1) is 13.1. The summed E-state index contributed by atoms with van der Waals surface area (Å²) in [7, 11) is 0. The molecule has 0 aliphatic heterocycles. The predicted molar refractivity (Wildman–Crippen MR) is 74.0 cm³/mol. The molecule has 2 rings (SSSR count). The van der Waals surface area contributed by atoms with E-state index in [1.165, 1.54) is 11.3 Å². The van der Waals surface area contributed by atoms with Gasteiger partial charge in [-0.2, -0.15) is 0 Å². The van der Waals surface area contributed by atoms with E-state index < -0.39 is 0 Å². The van der Waals surface area contributed by atoms with Crippen molar-refractivity contribution in [1.29, 1.82) is 0 Å². The maximum absolute atomic E-state index is 12.2. The highest BCUT2D eigenvalue weighted by Crippen LogP contribution is 2.18. The number of carbonyl (C=O) groups is 1. The molecule has 0 saturated carbocycles. The van der Waals surface area contributed by atoms with E-state index in [-0.39, 0.29) is 5.91 Å². The molecule has 0 aliphatic rings. The van der Waals surface area contributed by atoms with Crippen LogP contribution in [0.1, 0.15) is 23.0 Å². The lowest BCUT2D eigenvalue weighted by molar-refractivity contribution is 0.0747. The number of aromatic nitrogens is 1. The van der Waals surface area contributed by atoms with Crippen LogP contribution in [0.5, 0.6) is 0 Å². The van der Waals surface area contributed by atoms with E-state index in [1.54, 1.807) is 15.8 Å². The van der Waals surface area contributed by atoms with Gasteiger partial charge in [0.1, 0.15) is 5.69 Å². The van der Waals surface area contributed by atoms with Crippen LogP contribution >= 0.6 is 22.9 Å². The summed E-state index contributed by atoms with van der Waals surface area (Å²) in [5.41, 5.74) is 3.11. The predicted octanol–water partition coefficient (Wildman–Crippen LogP) is 3.46. The monoisotopic (exact) mass is 280 g/mol. The van der Waals surface area contributed by atoms with Gasteiger partial charge >= 0.3 is 0 Å². The van der Waals surface area contributed by atoms with Crippen LogP contribution in [-0.2, 0) is 6.54 Å². The maximum Gasteiger partial charge on any atom is 0.273 e. The zero-order valence-corrected chi connectivity index (χ0v) is 11.5. The van der Waals surface area contributed by atoms with Crippen molar-refractivity contribution in [1.82, 2.24) is 9.88 Å². The van der Waals surface area contributed by atoms with Gasteiger partial charge in [0.05, 0.1) is 5.51 Å². The molecular formula is C13H13ClN2OS. The Labute approximate surface area is 115 Å². The Balaban J connectivity index is 2.15. The third-order valence-corrected chi connectivity index (χ3v) is 3.59. The van der Waals surface area contributed by atoms with Gasteiger partial charge in [0, 0.05) is 23.5 Å². The summed E-state index contributed by atoms with van der Waals surface area (Å²) in [6.45, 7) is 3.08. The number of thiazole rings is 1. The number of benzene rings is 1. The van der Waals surface area contributed by atoms with Gasteiger partial charge in [0.2, 0.25) is 0 Å². The van der Waals surface area contributed by atoms with E-state index >= 15 is 0 Å². The van der Waals surface area contributed by atoms with E-state index in [0.29, 0.717) is 23.8 Å². The van der Waals surface area contributed by atoms with Gasteiger partial charge in [-0.05, 0) is 18.6 Å². The molecule has 3 nitrogen and oxygen atoms in total. The highest BCUT2D eigenvalue weighted by molar-refractivity contribution is 7.07. The van der Waals surface area contributed by atoms with E-state index in [0.717, 1.165) is 5.56 Å². The zero-order valence-electron chi connectivity index (χ0n) is 9.97. The van der Waals surface area contributed by atoms with Crippen molar-refractivity contribution in [3.05, 3.63) is 51.4 Å². The van der Waals surface area contributed by atoms with Crippen molar-refractivity contribution in [3.8, 4) is 0 Å². The minimum absolute atomic E-state index is 0.0568. The number of hydrogen-bond acceptors (Lipinski definition) is 3. The van der Waals surface area contributed by atoms with Crippen LogP contribution in [-0.4, -0.2) is 22.3 Å². The zero-order chi connectivity index (χ0) is 13.0. The van der Waals surface area contributed by atoms with Gasteiger partial charge < -0.3 is 4.90 Å². The molecule has 0 fully saturated rings. The SMILES string of the molecule is CCN(Cc1ccccc1Cl)C(=O)c1cscn1. The third kappa shape index (κ3) is 2.89. The highest BCUT2D eigenvalue weighted by atomic mass is 35.5. The van der Waals surface area contributed by atoms with Gasteiger partial charge in [-0.15, -0.1) is 11.3 Å². The van der Waals surface area contributed by atoms with Crippen LogP contribution in [0.2, 0.25) is 5.02 Å². The lowest BCUT2D eigenvalue weighted by Crippen LogP contribution is -2.30.